The average Bonchev–Trinajstić information content (AvgIpc) is 1.82. The quantitative estimate of drug-likeness (QED) is 0.563. The van der Waals surface area contributed by atoms with Gasteiger partial charge in [0.25, 0.3) is 5.91 Å². The largest absolute Gasteiger partial charge is 0.389 e. The molecule has 0 saturated heterocycles. The predicted octanol–water partition coefficient (Wildman–Crippen LogP) is -0.151. The zero-order valence-electron chi connectivity index (χ0n) is 7.09. The number of likely N-dealkylation sites (N-methyl/N-ethyl adjacent to an activating group) is 1. The van der Waals surface area contributed by atoms with Crippen LogP contribution in [0.4, 0.5) is 0 Å². The first-order valence-electron chi connectivity index (χ1n) is 3.31. The summed E-state index contributed by atoms with van der Waals surface area (Å²) in [5.74, 6) is 1.55. The van der Waals surface area contributed by atoms with Gasteiger partial charge in [-0.05, 0) is 19.8 Å². The predicted molar refractivity (Wildman–Crippen MR) is 42.8 cm³/mol. The van der Waals surface area contributed by atoms with E-state index in [4.69, 9.17) is 6.42 Å². The molecule has 0 spiro atoms. The molecular formula is C8H13NO2. The molecule has 0 aromatic carbocycles. The van der Waals surface area contributed by atoms with Crippen LogP contribution in [0.15, 0.2) is 0 Å². The highest BCUT2D eigenvalue weighted by Gasteiger charge is 2.17. The molecule has 0 aromatic rings. The fraction of sp³-hybridized carbons (Fsp3) is 0.625. The number of hydrogen-bond acceptors (Lipinski definition) is 2. The van der Waals surface area contributed by atoms with Crippen LogP contribution in [-0.2, 0) is 4.79 Å². The average molecular weight is 155 g/mol. The highest BCUT2D eigenvalue weighted by atomic mass is 16.3. The van der Waals surface area contributed by atoms with Gasteiger partial charge in [-0.15, -0.1) is 6.42 Å². The van der Waals surface area contributed by atoms with Gasteiger partial charge in [-0.3, -0.25) is 4.79 Å². The lowest BCUT2D eigenvalue weighted by molar-refractivity contribution is -0.126. The van der Waals surface area contributed by atoms with E-state index in [1.54, 1.807) is 20.9 Å². The van der Waals surface area contributed by atoms with Crippen LogP contribution < -0.4 is 0 Å². The van der Waals surface area contributed by atoms with Gasteiger partial charge in [-0.2, -0.15) is 0 Å². The normalized spacial score (nSPS) is 10.5. The summed E-state index contributed by atoms with van der Waals surface area (Å²) in [5, 5.41) is 9.27. The van der Waals surface area contributed by atoms with Crippen LogP contribution in [0.3, 0.4) is 0 Å². The van der Waals surface area contributed by atoms with Gasteiger partial charge in [-0.1, -0.05) is 0 Å². The van der Waals surface area contributed by atoms with E-state index in [-0.39, 0.29) is 6.54 Å². The van der Waals surface area contributed by atoms with Crippen molar-refractivity contribution in [3.63, 3.8) is 0 Å². The Labute approximate surface area is 67.0 Å². The molecule has 0 unspecified atom stereocenters. The van der Waals surface area contributed by atoms with Gasteiger partial charge in [0.2, 0.25) is 0 Å². The minimum atomic E-state index is -0.888. The lowest BCUT2D eigenvalue weighted by atomic mass is 10.1. The molecule has 3 nitrogen and oxygen atoms in total. The molecule has 0 bridgehead atoms. The van der Waals surface area contributed by atoms with Gasteiger partial charge in [0.1, 0.15) is 0 Å². The van der Waals surface area contributed by atoms with E-state index in [1.807, 2.05) is 5.92 Å². The van der Waals surface area contributed by atoms with Crippen molar-refractivity contribution < 1.29 is 9.90 Å². The van der Waals surface area contributed by atoms with Gasteiger partial charge in [-0.25, -0.2) is 0 Å². The van der Waals surface area contributed by atoms with E-state index in [0.29, 0.717) is 0 Å². The molecule has 62 valence electrons. The first-order valence-corrected chi connectivity index (χ1v) is 3.31. The maximum absolute atomic E-state index is 10.8. The second kappa shape index (κ2) is 3.40. The van der Waals surface area contributed by atoms with E-state index < -0.39 is 11.5 Å². The standard InChI is InChI=1S/C8H13NO2/c1-5-7(10)9(4)6-8(2,3)11/h1,11H,6H2,2-4H3. The lowest BCUT2D eigenvalue weighted by Crippen LogP contribution is -2.39. The Kier molecular flexibility index (Phi) is 3.09. The molecule has 11 heavy (non-hydrogen) atoms. The van der Waals surface area contributed by atoms with Crippen molar-refractivity contribution in [1.29, 1.82) is 0 Å². The third kappa shape index (κ3) is 4.40. The summed E-state index contributed by atoms with van der Waals surface area (Å²) in [7, 11) is 1.56. The zero-order chi connectivity index (χ0) is 9.07. The third-order valence-corrected chi connectivity index (χ3v) is 1.09. The van der Waals surface area contributed by atoms with E-state index >= 15 is 0 Å². The summed E-state index contributed by atoms with van der Waals surface area (Å²) < 4.78 is 0. The van der Waals surface area contributed by atoms with E-state index in [2.05, 4.69) is 0 Å². The van der Waals surface area contributed by atoms with Crippen molar-refractivity contribution >= 4 is 5.91 Å². The van der Waals surface area contributed by atoms with Gasteiger partial charge < -0.3 is 10.0 Å². The number of carbonyl (C=O) groups is 1. The smallest absolute Gasteiger partial charge is 0.298 e. The van der Waals surface area contributed by atoms with Crippen LogP contribution in [0.2, 0.25) is 0 Å². The summed E-state index contributed by atoms with van der Waals surface area (Å²) in [6, 6.07) is 0. The Bertz CT molecular complexity index is 185. The number of aliphatic hydroxyl groups is 1. The first-order chi connectivity index (χ1) is 4.87. The fourth-order valence-corrected chi connectivity index (χ4v) is 0.762. The Morgan fingerprint density at radius 2 is 2.18 bits per heavy atom. The van der Waals surface area contributed by atoms with Crippen molar-refractivity contribution in [2.24, 2.45) is 0 Å². The number of terminal acetylenes is 1. The van der Waals surface area contributed by atoms with Crippen LogP contribution in [-0.4, -0.2) is 35.1 Å². The van der Waals surface area contributed by atoms with Crippen LogP contribution in [0.25, 0.3) is 0 Å². The van der Waals surface area contributed by atoms with Crippen LogP contribution in [0.1, 0.15) is 13.8 Å². The van der Waals surface area contributed by atoms with E-state index in [1.165, 1.54) is 4.90 Å². The minimum Gasteiger partial charge on any atom is -0.389 e. The fourth-order valence-electron chi connectivity index (χ4n) is 0.762. The second-order valence-electron chi connectivity index (χ2n) is 3.12. The highest BCUT2D eigenvalue weighted by Crippen LogP contribution is 2.02. The number of hydrogen-bond donors (Lipinski definition) is 1. The van der Waals surface area contributed by atoms with Gasteiger partial charge in [0, 0.05) is 13.6 Å². The Hall–Kier alpha value is -1.01. The Balaban J connectivity index is 4.00. The maximum atomic E-state index is 10.8. The molecular weight excluding hydrogens is 142 g/mol. The van der Waals surface area contributed by atoms with Crippen LogP contribution >= 0.6 is 0 Å². The third-order valence-electron chi connectivity index (χ3n) is 1.09. The van der Waals surface area contributed by atoms with E-state index in [0.717, 1.165) is 0 Å². The summed E-state index contributed by atoms with van der Waals surface area (Å²) in [6.07, 6.45) is 4.87. The van der Waals surface area contributed by atoms with Crippen molar-refractivity contribution in [3.05, 3.63) is 0 Å². The van der Waals surface area contributed by atoms with Gasteiger partial charge in [0.05, 0.1) is 5.60 Å². The van der Waals surface area contributed by atoms with E-state index in [9.17, 15) is 9.90 Å². The molecule has 0 aliphatic rings. The molecule has 0 fully saturated rings. The van der Waals surface area contributed by atoms with Crippen molar-refractivity contribution in [2.45, 2.75) is 19.4 Å². The summed E-state index contributed by atoms with van der Waals surface area (Å²) in [5.41, 5.74) is -0.888. The van der Waals surface area contributed by atoms with Crippen molar-refractivity contribution in [3.8, 4) is 12.3 Å². The summed E-state index contributed by atoms with van der Waals surface area (Å²) >= 11 is 0. The number of nitrogens with zero attached hydrogens (tertiary/aromatic N) is 1. The van der Waals surface area contributed by atoms with Crippen LogP contribution in [0, 0.1) is 12.3 Å². The molecule has 0 saturated carbocycles. The number of amides is 1. The van der Waals surface area contributed by atoms with Crippen LogP contribution in [0.5, 0.6) is 0 Å². The molecule has 0 aliphatic carbocycles. The monoisotopic (exact) mass is 155 g/mol. The molecule has 0 rings (SSSR count). The molecule has 0 aliphatic heterocycles. The molecule has 0 radical (unpaired) electrons. The summed E-state index contributed by atoms with van der Waals surface area (Å²) in [6.45, 7) is 3.48. The zero-order valence-corrected chi connectivity index (χ0v) is 7.09. The molecule has 1 amide bonds. The SMILES string of the molecule is C#CC(=O)N(C)CC(C)(C)O. The number of carbonyl (C=O) groups excluding carboxylic acids is 1. The topological polar surface area (TPSA) is 40.5 Å². The highest BCUT2D eigenvalue weighted by molar-refractivity contribution is 5.92. The van der Waals surface area contributed by atoms with Gasteiger partial charge in [0.15, 0.2) is 0 Å². The maximum Gasteiger partial charge on any atom is 0.298 e. The molecule has 0 heterocycles. The molecule has 0 aromatic heterocycles. The van der Waals surface area contributed by atoms with Crippen molar-refractivity contribution in [1.82, 2.24) is 4.90 Å². The molecule has 1 N–H and O–H groups in total. The first kappa shape index (κ1) is 9.99. The molecule has 3 heteroatoms. The summed E-state index contributed by atoms with van der Waals surface area (Å²) in [4.78, 5) is 12.1. The van der Waals surface area contributed by atoms with Gasteiger partial charge >= 0.3 is 0 Å². The Morgan fingerprint density at radius 3 is 2.45 bits per heavy atom. The molecule has 0 atom stereocenters. The lowest BCUT2D eigenvalue weighted by Gasteiger charge is -2.23. The van der Waals surface area contributed by atoms with Crippen molar-refractivity contribution in [2.75, 3.05) is 13.6 Å². The second-order valence-corrected chi connectivity index (χ2v) is 3.12. The Morgan fingerprint density at radius 1 is 1.73 bits per heavy atom. The number of rotatable bonds is 2. The minimum absolute atomic E-state index is 0.246.